The Morgan fingerprint density at radius 3 is 2.73 bits per heavy atom. The van der Waals surface area contributed by atoms with Gasteiger partial charge in [0.25, 0.3) is 0 Å². The van der Waals surface area contributed by atoms with E-state index in [9.17, 15) is 0 Å². The van der Waals surface area contributed by atoms with Crippen LogP contribution in [-0.4, -0.2) is 47.6 Å². The molecular weight excluding hydrogens is 204 g/mol. The molecule has 2 atom stereocenters. The average molecular weight is 226 g/mol. The van der Waals surface area contributed by atoms with Crippen LogP contribution in [0.15, 0.2) is 0 Å². The van der Waals surface area contributed by atoms with E-state index in [0.29, 0.717) is 0 Å². The Kier molecular flexibility index (Phi) is 3.23. The van der Waals surface area contributed by atoms with Gasteiger partial charge in [-0.15, -0.1) is 0 Å². The van der Waals surface area contributed by atoms with Gasteiger partial charge in [0.1, 0.15) is 0 Å². The summed E-state index contributed by atoms with van der Waals surface area (Å²) in [4.78, 5) is 2.75. The van der Waals surface area contributed by atoms with E-state index >= 15 is 0 Å². The number of likely N-dealkylation sites (tertiary alicyclic amines) is 1. The van der Waals surface area contributed by atoms with Crippen LogP contribution in [0.25, 0.3) is 0 Å². The van der Waals surface area contributed by atoms with E-state index in [0.717, 1.165) is 18.1 Å². The van der Waals surface area contributed by atoms with E-state index in [-0.39, 0.29) is 0 Å². The van der Waals surface area contributed by atoms with Crippen molar-refractivity contribution < 1.29 is 0 Å². The number of rotatable bonds is 3. The van der Waals surface area contributed by atoms with Crippen molar-refractivity contribution in [2.75, 3.05) is 24.6 Å². The Morgan fingerprint density at radius 1 is 1.07 bits per heavy atom. The van der Waals surface area contributed by atoms with Crippen molar-refractivity contribution in [3.05, 3.63) is 0 Å². The van der Waals surface area contributed by atoms with Crippen molar-refractivity contribution in [2.24, 2.45) is 0 Å². The molecule has 1 N–H and O–H groups in total. The molecule has 0 amide bonds. The first kappa shape index (κ1) is 10.4. The van der Waals surface area contributed by atoms with Gasteiger partial charge in [-0.25, -0.2) is 0 Å². The van der Waals surface area contributed by atoms with E-state index in [1.807, 2.05) is 0 Å². The predicted molar refractivity (Wildman–Crippen MR) is 66.5 cm³/mol. The fraction of sp³-hybridized carbons (Fsp3) is 1.00. The van der Waals surface area contributed by atoms with Crippen LogP contribution in [0, 0.1) is 0 Å². The summed E-state index contributed by atoms with van der Waals surface area (Å²) in [6.07, 6.45) is 7.10. The molecule has 2 aliphatic heterocycles. The second-order valence-corrected chi connectivity index (χ2v) is 6.44. The minimum atomic E-state index is 0.803. The van der Waals surface area contributed by atoms with Gasteiger partial charge in [0, 0.05) is 30.4 Å². The monoisotopic (exact) mass is 226 g/mol. The summed E-state index contributed by atoms with van der Waals surface area (Å²) >= 11 is 2.14. The highest BCUT2D eigenvalue weighted by Gasteiger charge is 2.31. The fourth-order valence-electron chi connectivity index (χ4n) is 2.87. The predicted octanol–water partition coefficient (Wildman–Crippen LogP) is 1.71. The zero-order valence-electron chi connectivity index (χ0n) is 9.45. The maximum atomic E-state index is 3.80. The van der Waals surface area contributed by atoms with Crippen LogP contribution in [0.3, 0.4) is 0 Å². The molecule has 0 aromatic heterocycles. The highest BCUT2D eigenvalue weighted by molar-refractivity contribution is 7.99. The quantitative estimate of drug-likeness (QED) is 0.789. The lowest BCUT2D eigenvalue weighted by molar-refractivity contribution is 0.148. The van der Waals surface area contributed by atoms with Crippen LogP contribution in [0.1, 0.15) is 32.1 Å². The zero-order chi connectivity index (χ0) is 10.1. The third-order valence-electron chi connectivity index (χ3n) is 3.92. The van der Waals surface area contributed by atoms with Gasteiger partial charge in [0.2, 0.25) is 0 Å². The fourth-order valence-corrected chi connectivity index (χ4v) is 4.12. The minimum absolute atomic E-state index is 0.803. The van der Waals surface area contributed by atoms with Gasteiger partial charge in [-0.3, -0.25) is 4.90 Å². The Balaban J connectivity index is 1.50. The largest absolute Gasteiger partial charge is 0.310 e. The minimum Gasteiger partial charge on any atom is -0.310 e. The molecule has 2 unspecified atom stereocenters. The smallest absolute Gasteiger partial charge is 0.0198 e. The molecule has 1 saturated carbocycles. The van der Waals surface area contributed by atoms with Gasteiger partial charge >= 0.3 is 0 Å². The Morgan fingerprint density at radius 2 is 2.00 bits per heavy atom. The zero-order valence-corrected chi connectivity index (χ0v) is 10.3. The van der Waals surface area contributed by atoms with Crippen molar-refractivity contribution in [1.29, 1.82) is 0 Å². The van der Waals surface area contributed by atoms with Gasteiger partial charge in [0.15, 0.2) is 0 Å². The summed E-state index contributed by atoms with van der Waals surface area (Å²) < 4.78 is 0. The van der Waals surface area contributed by atoms with Crippen LogP contribution in [0.5, 0.6) is 0 Å². The molecule has 0 bridgehead atoms. The van der Waals surface area contributed by atoms with E-state index in [4.69, 9.17) is 0 Å². The Bertz CT molecular complexity index is 212. The molecule has 3 fully saturated rings. The van der Waals surface area contributed by atoms with Gasteiger partial charge in [-0.05, 0) is 44.4 Å². The molecule has 3 aliphatic rings. The molecule has 2 saturated heterocycles. The van der Waals surface area contributed by atoms with Crippen molar-refractivity contribution in [3.8, 4) is 0 Å². The molecule has 0 aromatic rings. The van der Waals surface area contributed by atoms with Gasteiger partial charge in [0.05, 0.1) is 0 Å². The lowest BCUT2D eigenvalue weighted by atomic mass is 10.0. The average Bonchev–Trinajstić information content (AvgIpc) is 2.91. The number of piperidine rings is 1. The Hall–Kier alpha value is 0.270. The molecule has 1 aliphatic carbocycles. The standard InChI is InChI=1S/C12H22N2S/c1-2-11(13-10-3-4-10)8-14(6-1)12-5-7-15-9-12/h10-13H,1-9H2. The summed E-state index contributed by atoms with van der Waals surface area (Å²) in [6.45, 7) is 2.68. The van der Waals surface area contributed by atoms with Crippen molar-refractivity contribution in [2.45, 2.75) is 50.2 Å². The Labute approximate surface area is 97.2 Å². The summed E-state index contributed by atoms with van der Waals surface area (Å²) in [5.41, 5.74) is 0. The lowest BCUT2D eigenvalue weighted by Crippen LogP contribution is -2.50. The van der Waals surface area contributed by atoms with E-state index in [2.05, 4.69) is 22.0 Å². The molecule has 2 heterocycles. The first-order valence-electron chi connectivity index (χ1n) is 6.49. The molecule has 86 valence electrons. The van der Waals surface area contributed by atoms with Gasteiger partial charge in [-0.1, -0.05) is 0 Å². The summed E-state index contributed by atoms with van der Waals surface area (Å²) in [7, 11) is 0. The maximum absolute atomic E-state index is 3.80. The highest BCUT2D eigenvalue weighted by Crippen LogP contribution is 2.26. The molecule has 2 nitrogen and oxygen atoms in total. The number of thioether (sulfide) groups is 1. The SMILES string of the molecule is C1CC(NC2CC2)CN(C2CCSC2)C1. The second kappa shape index (κ2) is 4.64. The normalized spacial score (nSPS) is 38.4. The van der Waals surface area contributed by atoms with E-state index < -0.39 is 0 Å². The summed E-state index contributed by atoms with van der Waals surface area (Å²) in [5.74, 6) is 2.78. The second-order valence-electron chi connectivity index (χ2n) is 5.29. The third kappa shape index (κ3) is 2.69. The van der Waals surface area contributed by atoms with Crippen LogP contribution in [-0.2, 0) is 0 Å². The van der Waals surface area contributed by atoms with Crippen LogP contribution in [0.2, 0.25) is 0 Å². The van der Waals surface area contributed by atoms with Crippen molar-refractivity contribution in [1.82, 2.24) is 10.2 Å². The number of hydrogen-bond acceptors (Lipinski definition) is 3. The highest BCUT2D eigenvalue weighted by atomic mass is 32.2. The van der Waals surface area contributed by atoms with Crippen molar-refractivity contribution in [3.63, 3.8) is 0 Å². The number of nitrogens with one attached hydrogen (secondary N) is 1. The van der Waals surface area contributed by atoms with Crippen molar-refractivity contribution >= 4 is 11.8 Å². The van der Waals surface area contributed by atoms with Crippen LogP contribution in [0.4, 0.5) is 0 Å². The third-order valence-corrected chi connectivity index (χ3v) is 5.07. The lowest BCUT2D eigenvalue weighted by Gasteiger charge is -2.37. The first-order chi connectivity index (χ1) is 7.42. The van der Waals surface area contributed by atoms with E-state index in [1.165, 1.54) is 56.7 Å². The van der Waals surface area contributed by atoms with Crippen LogP contribution >= 0.6 is 11.8 Å². The summed E-state index contributed by atoms with van der Waals surface area (Å²) in [5, 5.41) is 3.80. The molecule has 3 rings (SSSR count). The molecule has 15 heavy (non-hydrogen) atoms. The first-order valence-corrected chi connectivity index (χ1v) is 7.65. The maximum Gasteiger partial charge on any atom is 0.0198 e. The molecule has 0 spiro atoms. The van der Waals surface area contributed by atoms with Gasteiger partial charge < -0.3 is 5.32 Å². The number of nitrogens with zero attached hydrogens (tertiary/aromatic N) is 1. The topological polar surface area (TPSA) is 15.3 Å². The van der Waals surface area contributed by atoms with E-state index in [1.54, 1.807) is 0 Å². The summed E-state index contributed by atoms with van der Waals surface area (Å²) in [6, 6.07) is 2.59. The molecule has 3 heteroatoms. The molecular formula is C12H22N2S. The number of hydrogen-bond donors (Lipinski definition) is 1. The molecule has 0 aromatic carbocycles. The molecule has 0 radical (unpaired) electrons. The van der Waals surface area contributed by atoms with Crippen LogP contribution < -0.4 is 5.32 Å². The van der Waals surface area contributed by atoms with Gasteiger partial charge in [-0.2, -0.15) is 11.8 Å².